The van der Waals surface area contributed by atoms with Gasteiger partial charge < -0.3 is 20.1 Å². The summed E-state index contributed by atoms with van der Waals surface area (Å²) in [4.78, 5) is 0. The molecule has 1 radical (unpaired) electrons. The molecule has 0 saturated heterocycles. The van der Waals surface area contributed by atoms with Crippen molar-refractivity contribution in [3.05, 3.63) is 48.0 Å². The summed E-state index contributed by atoms with van der Waals surface area (Å²) >= 11 is 0. The number of hydrogen-bond donors (Lipinski definition) is 2. The Morgan fingerprint density at radius 3 is 3.11 bits per heavy atom. The Balaban J connectivity index is 1.66. The van der Waals surface area contributed by atoms with Crippen LogP contribution in [0.15, 0.2) is 36.4 Å². The zero-order valence-electron chi connectivity index (χ0n) is 9.57. The second-order valence-electron chi connectivity index (χ2n) is 4.29. The number of rotatable bonds is 1. The van der Waals surface area contributed by atoms with E-state index in [-0.39, 0.29) is 6.23 Å². The second-order valence-corrected chi connectivity index (χ2v) is 4.29. The van der Waals surface area contributed by atoms with E-state index in [1.165, 1.54) is 0 Å². The molecule has 4 nitrogen and oxygen atoms in total. The lowest BCUT2D eigenvalue weighted by Crippen LogP contribution is -2.10. The topological polar surface area (TPSA) is 42.5 Å². The van der Waals surface area contributed by atoms with Crippen molar-refractivity contribution in [2.24, 2.45) is 0 Å². The molecule has 4 heteroatoms. The molecule has 2 aliphatic rings. The van der Waals surface area contributed by atoms with Crippen molar-refractivity contribution in [1.29, 1.82) is 0 Å². The Hall–Kier alpha value is -2.36. The summed E-state index contributed by atoms with van der Waals surface area (Å²) in [5.41, 5.74) is 3.09. The lowest BCUT2D eigenvalue weighted by molar-refractivity contribution is 0.260. The third-order valence-electron chi connectivity index (χ3n) is 3.15. The summed E-state index contributed by atoms with van der Waals surface area (Å²) in [5, 5.41) is 6.50. The lowest BCUT2D eigenvalue weighted by atomic mass is 10.1. The van der Waals surface area contributed by atoms with Crippen LogP contribution < -0.4 is 20.1 Å². The normalized spacial score (nSPS) is 19.0. The van der Waals surface area contributed by atoms with Gasteiger partial charge in [0.05, 0.1) is 11.4 Å². The first-order valence-corrected chi connectivity index (χ1v) is 5.84. The summed E-state index contributed by atoms with van der Waals surface area (Å²) in [7, 11) is 0. The molecule has 2 heterocycles. The van der Waals surface area contributed by atoms with E-state index in [1.807, 2.05) is 30.3 Å². The SMILES string of the molecule is [c]1ccc2c(c1)OC(c1ccc3c(c1)NCO3)N2. The van der Waals surface area contributed by atoms with Gasteiger partial charge >= 0.3 is 0 Å². The van der Waals surface area contributed by atoms with Crippen LogP contribution in [0.2, 0.25) is 0 Å². The van der Waals surface area contributed by atoms with E-state index >= 15 is 0 Å². The van der Waals surface area contributed by atoms with Crippen molar-refractivity contribution >= 4 is 11.4 Å². The lowest BCUT2D eigenvalue weighted by Gasteiger charge is -2.12. The predicted molar refractivity (Wildman–Crippen MR) is 67.8 cm³/mol. The fourth-order valence-corrected chi connectivity index (χ4v) is 2.25. The Labute approximate surface area is 105 Å². The first kappa shape index (κ1) is 9.65. The van der Waals surface area contributed by atoms with Gasteiger partial charge in [-0.15, -0.1) is 0 Å². The molecule has 89 valence electrons. The second kappa shape index (κ2) is 3.57. The van der Waals surface area contributed by atoms with E-state index in [9.17, 15) is 0 Å². The number of nitrogens with one attached hydrogen (secondary N) is 2. The van der Waals surface area contributed by atoms with Gasteiger partial charge in [-0.2, -0.15) is 0 Å². The largest absolute Gasteiger partial charge is 0.471 e. The van der Waals surface area contributed by atoms with E-state index in [0.29, 0.717) is 6.73 Å². The van der Waals surface area contributed by atoms with Crippen LogP contribution in [0.5, 0.6) is 11.5 Å². The number of fused-ring (bicyclic) bond motifs is 2. The highest BCUT2D eigenvalue weighted by molar-refractivity contribution is 5.64. The van der Waals surface area contributed by atoms with Gasteiger partial charge in [-0.3, -0.25) is 0 Å². The minimum absolute atomic E-state index is 0.150. The number of benzene rings is 2. The minimum atomic E-state index is -0.150. The Morgan fingerprint density at radius 2 is 2.17 bits per heavy atom. The summed E-state index contributed by atoms with van der Waals surface area (Å²) in [6.45, 7) is 0.535. The highest BCUT2D eigenvalue weighted by atomic mass is 16.5. The van der Waals surface area contributed by atoms with Crippen LogP contribution in [0.1, 0.15) is 11.8 Å². The maximum atomic E-state index is 5.84. The predicted octanol–water partition coefficient (Wildman–Crippen LogP) is 2.75. The smallest absolute Gasteiger partial charge is 0.196 e. The van der Waals surface area contributed by atoms with Crippen LogP contribution >= 0.6 is 0 Å². The third-order valence-corrected chi connectivity index (χ3v) is 3.15. The van der Waals surface area contributed by atoms with Crippen molar-refractivity contribution in [2.75, 3.05) is 17.4 Å². The van der Waals surface area contributed by atoms with Crippen molar-refractivity contribution in [1.82, 2.24) is 0 Å². The molecule has 2 aliphatic heterocycles. The van der Waals surface area contributed by atoms with Crippen molar-refractivity contribution < 1.29 is 9.47 Å². The average Bonchev–Trinajstić information content (AvgIpc) is 3.04. The average molecular weight is 239 g/mol. The van der Waals surface area contributed by atoms with Crippen molar-refractivity contribution in [3.63, 3.8) is 0 Å². The Kier molecular flexibility index (Phi) is 1.91. The first-order valence-electron chi connectivity index (χ1n) is 5.84. The summed E-state index contributed by atoms with van der Waals surface area (Å²) in [5.74, 6) is 1.73. The summed E-state index contributed by atoms with van der Waals surface area (Å²) in [6.07, 6.45) is -0.150. The maximum Gasteiger partial charge on any atom is 0.196 e. The number of anilines is 2. The molecule has 0 aliphatic carbocycles. The van der Waals surface area contributed by atoms with Gasteiger partial charge in [-0.25, -0.2) is 0 Å². The van der Waals surface area contributed by atoms with Crippen LogP contribution in [0.25, 0.3) is 0 Å². The number of hydrogen-bond acceptors (Lipinski definition) is 4. The maximum absolute atomic E-state index is 5.84. The van der Waals surface area contributed by atoms with Gasteiger partial charge in [0.2, 0.25) is 0 Å². The molecule has 2 aromatic carbocycles. The molecule has 0 amide bonds. The molecule has 0 aromatic heterocycles. The van der Waals surface area contributed by atoms with Crippen LogP contribution in [0.3, 0.4) is 0 Å². The molecule has 0 fully saturated rings. The van der Waals surface area contributed by atoms with Gasteiger partial charge in [-0.05, 0) is 36.4 Å². The Morgan fingerprint density at radius 1 is 1.17 bits per heavy atom. The van der Waals surface area contributed by atoms with Crippen molar-refractivity contribution in [3.8, 4) is 11.5 Å². The van der Waals surface area contributed by atoms with E-state index in [1.54, 1.807) is 0 Å². The van der Waals surface area contributed by atoms with Gasteiger partial charge in [0.1, 0.15) is 11.5 Å². The highest BCUT2D eigenvalue weighted by Gasteiger charge is 2.24. The van der Waals surface area contributed by atoms with Crippen LogP contribution in [-0.2, 0) is 0 Å². The van der Waals surface area contributed by atoms with E-state index < -0.39 is 0 Å². The Bertz CT molecular complexity index is 587. The molecule has 2 N–H and O–H groups in total. The molecule has 0 spiro atoms. The molecule has 0 bridgehead atoms. The van der Waals surface area contributed by atoms with E-state index in [4.69, 9.17) is 9.47 Å². The molecule has 1 atom stereocenters. The quantitative estimate of drug-likeness (QED) is 0.803. The molecule has 18 heavy (non-hydrogen) atoms. The fraction of sp³-hybridized carbons (Fsp3) is 0.143. The first-order chi connectivity index (χ1) is 8.90. The summed E-state index contributed by atoms with van der Waals surface area (Å²) < 4.78 is 11.2. The molecular formula is C14H11N2O2. The van der Waals surface area contributed by atoms with Crippen LogP contribution in [-0.4, -0.2) is 6.73 Å². The third kappa shape index (κ3) is 1.39. The minimum Gasteiger partial charge on any atom is -0.471 e. The van der Waals surface area contributed by atoms with Crippen LogP contribution in [0, 0.1) is 6.07 Å². The van der Waals surface area contributed by atoms with Crippen LogP contribution in [0.4, 0.5) is 11.4 Å². The van der Waals surface area contributed by atoms with Gasteiger partial charge in [-0.1, -0.05) is 6.07 Å². The molecule has 0 saturated carbocycles. The zero-order valence-corrected chi connectivity index (χ0v) is 9.57. The zero-order chi connectivity index (χ0) is 11.9. The van der Waals surface area contributed by atoms with Crippen molar-refractivity contribution in [2.45, 2.75) is 6.23 Å². The monoisotopic (exact) mass is 239 g/mol. The van der Waals surface area contributed by atoms with Gasteiger partial charge in [0.25, 0.3) is 0 Å². The van der Waals surface area contributed by atoms with E-state index in [0.717, 1.165) is 28.4 Å². The van der Waals surface area contributed by atoms with Gasteiger partial charge in [0.15, 0.2) is 13.0 Å². The molecular weight excluding hydrogens is 228 g/mol. The highest BCUT2D eigenvalue weighted by Crippen LogP contribution is 2.39. The van der Waals surface area contributed by atoms with E-state index in [2.05, 4.69) is 22.8 Å². The summed E-state index contributed by atoms with van der Waals surface area (Å²) in [6, 6.07) is 14.7. The molecule has 1 unspecified atom stereocenters. The number of ether oxygens (including phenoxy) is 2. The molecule has 2 aromatic rings. The molecule has 4 rings (SSSR count). The fourth-order valence-electron chi connectivity index (χ4n) is 2.25. The van der Waals surface area contributed by atoms with Gasteiger partial charge in [0, 0.05) is 5.56 Å². The standard InChI is InChI=1S/C14H11N2O2/c1-2-4-13-10(3-1)16-14(18-13)9-5-6-12-11(7-9)15-8-17-12/h1,3-7,14-16H,8H2.